The monoisotopic (exact) mass is 567 g/mol. The first-order valence-electron chi connectivity index (χ1n) is 10.2. The summed E-state index contributed by atoms with van der Waals surface area (Å²) in [6.07, 6.45) is 3.19. The minimum Gasteiger partial charge on any atom is -0.489 e. The van der Waals surface area contributed by atoms with Crippen molar-refractivity contribution in [2.24, 2.45) is 0 Å². The van der Waals surface area contributed by atoms with Gasteiger partial charge in [-0.05, 0) is 18.6 Å². The number of benzene rings is 1. The Labute approximate surface area is 220 Å². The Morgan fingerprint density at radius 2 is 1.58 bits per heavy atom. The van der Waals surface area contributed by atoms with Crippen molar-refractivity contribution in [2.75, 3.05) is 19.7 Å². The summed E-state index contributed by atoms with van der Waals surface area (Å²) in [6.45, 7) is 3.28. The molecule has 0 unspecified atom stereocenters. The highest BCUT2D eigenvalue weighted by molar-refractivity contribution is 6.40. The molecule has 0 aliphatic heterocycles. The van der Waals surface area contributed by atoms with Crippen LogP contribution in [0.3, 0.4) is 0 Å². The van der Waals surface area contributed by atoms with Crippen LogP contribution in [0.5, 0.6) is 5.75 Å². The van der Waals surface area contributed by atoms with Gasteiger partial charge in [0.15, 0.2) is 11.4 Å². The van der Waals surface area contributed by atoms with Crippen molar-refractivity contribution in [1.29, 1.82) is 0 Å². The Kier molecular flexibility index (Phi) is 12.5. The van der Waals surface area contributed by atoms with E-state index in [2.05, 4.69) is 4.98 Å². The van der Waals surface area contributed by atoms with Gasteiger partial charge in [0.2, 0.25) is 0 Å². The summed E-state index contributed by atoms with van der Waals surface area (Å²) in [5.41, 5.74) is -2.74. The number of aliphatic hydroxyl groups is 1. The van der Waals surface area contributed by atoms with Gasteiger partial charge in [-0.25, -0.2) is 14.6 Å². The maximum atomic E-state index is 12.3. The molecule has 0 atom stereocenters. The van der Waals surface area contributed by atoms with E-state index < -0.39 is 36.4 Å². The van der Waals surface area contributed by atoms with E-state index >= 15 is 0 Å². The number of rotatable bonds is 11. The van der Waals surface area contributed by atoms with Gasteiger partial charge in [-0.1, -0.05) is 41.7 Å². The van der Waals surface area contributed by atoms with Gasteiger partial charge in [0.1, 0.15) is 12.9 Å². The summed E-state index contributed by atoms with van der Waals surface area (Å²) < 4.78 is 7.05. The summed E-state index contributed by atoms with van der Waals surface area (Å²) in [5, 5.41) is 34.9. The van der Waals surface area contributed by atoms with E-state index in [1.165, 1.54) is 10.9 Å². The molecule has 2 aromatic rings. The van der Waals surface area contributed by atoms with Gasteiger partial charge >= 0.3 is 23.9 Å². The van der Waals surface area contributed by atoms with Crippen molar-refractivity contribution >= 4 is 58.7 Å². The maximum absolute atomic E-state index is 12.3. The lowest BCUT2D eigenvalue weighted by Crippen LogP contribution is -2.42. The number of halogens is 3. The van der Waals surface area contributed by atoms with Crippen LogP contribution >= 0.6 is 34.8 Å². The molecule has 15 heteroatoms. The third kappa shape index (κ3) is 9.90. The number of carbonyl (C=O) groups is 4. The molecule has 0 bridgehead atoms. The van der Waals surface area contributed by atoms with Crippen LogP contribution in [-0.2, 0) is 14.4 Å². The summed E-state index contributed by atoms with van der Waals surface area (Å²) in [7, 11) is 0. The van der Waals surface area contributed by atoms with Crippen LogP contribution in [0.25, 0.3) is 0 Å². The number of hydrogen-bond acceptors (Lipinski definition) is 7. The quantitative estimate of drug-likeness (QED) is 0.314. The first-order valence-corrected chi connectivity index (χ1v) is 11.4. The molecule has 0 saturated heterocycles. The number of amides is 1. The second kappa shape index (κ2) is 14.5. The fourth-order valence-corrected chi connectivity index (χ4v) is 3.67. The number of hydrogen-bond donors (Lipinski definition) is 4. The van der Waals surface area contributed by atoms with Gasteiger partial charge in [0, 0.05) is 24.0 Å². The normalized spacial score (nSPS) is 10.7. The number of carboxylic acids is 3. The first kappa shape index (κ1) is 31.0. The number of imidazole rings is 1. The molecule has 36 heavy (non-hydrogen) atoms. The Balaban J connectivity index is 0.000000426. The number of nitrogens with zero attached hydrogens (tertiary/aromatic N) is 3. The van der Waals surface area contributed by atoms with Gasteiger partial charge in [-0.15, -0.1) is 0 Å². The maximum Gasteiger partial charge on any atom is 0.336 e. The Bertz CT molecular complexity index is 1030. The van der Waals surface area contributed by atoms with Gasteiger partial charge in [0.05, 0.1) is 29.4 Å². The van der Waals surface area contributed by atoms with Crippen LogP contribution in [0, 0.1) is 0 Å². The fraction of sp³-hybridized carbons (Fsp3) is 0.381. The zero-order valence-electron chi connectivity index (χ0n) is 18.9. The van der Waals surface area contributed by atoms with Gasteiger partial charge in [-0.2, -0.15) is 0 Å². The standard InChI is InChI=1S/C15H16Cl3N3O2.C6H8O7/c1-2-4-20(15(22)21-5-3-19-10-21)6-7-23-14-12(17)8-11(16)9-13(14)18;7-3(8)1-6(13,5(11)12)2-4(9)10/h3,5,8-10H,2,4,6-7H2,1H3;13H,1-2H2,(H,7,8)(H,9,10)(H,11,12). The molecule has 0 radical (unpaired) electrons. The fourth-order valence-electron chi connectivity index (χ4n) is 2.75. The van der Waals surface area contributed by atoms with Crippen LogP contribution in [0.2, 0.25) is 15.1 Å². The summed E-state index contributed by atoms with van der Waals surface area (Å²) in [6, 6.07) is 2.97. The molecule has 1 amide bonds. The van der Waals surface area contributed by atoms with Gasteiger partial charge in [0.25, 0.3) is 0 Å². The molecule has 1 heterocycles. The average molecular weight is 569 g/mol. The van der Waals surface area contributed by atoms with Gasteiger partial charge < -0.3 is 30.1 Å². The van der Waals surface area contributed by atoms with Crippen LogP contribution in [-0.4, -0.2) is 84.1 Å². The summed E-state index contributed by atoms with van der Waals surface area (Å²) in [4.78, 5) is 48.4. The van der Waals surface area contributed by atoms with Crippen LogP contribution in [0.15, 0.2) is 30.9 Å². The lowest BCUT2D eigenvalue weighted by atomic mass is 9.96. The van der Waals surface area contributed by atoms with Crippen molar-refractivity contribution in [3.63, 3.8) is 0 Å². The molecule has 1 aromatic heterocycles. The number of aliphatic carboxylic acids is 3. The molecule has 0 saturated carbocycles. The van der Waals surface area contributed by atoms with E-state index in [4.69, 9.17) is 60.0 Å². The summed E-state index contributed by atoms with van der Waals surface area (Å²) >= 11 is 18.0. The van der Waals surface area contributed by atoms with Crippen molar-refractivity contribution in [3.8, 4) is 5.75 Å². The minimum atomic E-state index is -2.74. The second-order valence-electron chi connectivity index (χ2n) is 7.26. The lowest BCUT2D eigenvalue weighted by molar-refractivity contribution is -0.170. The third-order valence-electron chi connectivity index (χ3n) is 4.35. The molecule has 0 aliphatic rings. The molecular formula is C21H24Cl3N3O9. The second-order valence-corrected chi connectivity index (χ2v) is 8.52. The highest BCUT2D eigenvalue weighted by Crippen LogP contribution is 2.35. The Morgan fingerprint density at radius 3 is 2.00 bits per heavy atom. The third-order valence-corrected chi connectivity index (χ3v) is 5.13. The van der Waals surface area contributed by atoms with E-state index in [0.717, 1.165) is 6.42 Å². The van der Waals surface area contributed by atoms with E-state index in [0.29, 0.717) is 33.9 Å². The average Bonchev–Trinajstić information content (AvgIpc) is 3.28. The molecular weight excluding hydrogens is 545 g/mol. The molecule has 0 spiro atoms. The SMILES string of the molecule is CCCN(CCOc1c(Cl)cc(Cl)cc1Cl)C(=O)n1ccnc1.O=C(O)CC(O)(CC(=O)O)C(=O)O. The molecule has 0 aliphatic carbocycles. The molecule has 0 fully saturated rings. The molecule has 12 nitrogen and oxygen atoms in total. The predicted octanol–water partition coefficient (Wildman–Crippen LogP) is 3.35. The van der Waals surface area contributed by atoms with Crippen LogP contribution in [0.1, 0.15) is 26.2 Å². The number of carbonyl (C=O) groups excluding carboxylic acids is 1. The smallest absolute Gasteiger partial charge is 0.336 e. The van der Waals surface area contributed by atoms with E-state index in [1.807, 2.05) is 6.92 Å². The van der Waals surface area contributed by atoms with Crippen molar-refractivity contribution < 1.29 is 44.3 Å². The van der Waals surface area contributed by atoms with Crippen molar-refractivity contribution in [3.05, 3.63) is 45.9 Å². The highest BCUT2D eigenvalue weighted by atomic mass is 35.5. The Morgan fingerprint density at radius 1 is 1.03 bits per heavy atom. The van der Waals surface area contributed by atoms with Crippen LogP contribution in [0.4, 0.5) is 4.79 Å². The zero-order valence-corrected chi connectivity index (χ0v) is 21.2. The number of aromatic nitrogens is 2. The highest BCUT2D eigenvalue weighted by Gasteiger charge is 2.40. The largest absolute Gasteiger partial charge is 0.489 e. The number of carboxylic acid groups (broad SMARTS) is 3. The Hall–Kier alpha value is -3.06. The van der Waals surface area contributed by atoms with E-state index in [9.17, 15) is 19.2 Å². The minimum absolute atomic E-state index is 0.152. The lowest BCUT2D eigenvalue weighted by Gasteiger charge is -2.22. The molecule has 4 N–H and O–H groups in total. The van der Waals surface area contributed by atoms with E-state index in [1.54, 1.807) is 29.4 Å². The van der Waals surface area contributed by atoms with E-state index in [-0.39, 0.29) is 12.6 Å². The zero-order chi connectivity index (χ0) is 27.5. The first-order chi connectivity index (χ1) is 16.8. The molecule has 2 rings (SSSR count). The van der Waals surface area contributed by atoms with Crippen LogP contribution < -0.4 is 4.74 Å². The number of ether oxygens (including phenoxy) is 1. The predicted molar refractivity (Wildman–Crippen MR) is 129 cm³/mol. The van der Waals surface area contributed by atoms with Crippen molar-refractivity contribution in [2.45, 2.75) is 31.8 Å². The topological polar surface area (TPSA) is 179 Å². The molecule has 1 aromatic carbocycles. The molecule has 198 valence electrons. The summed E-state index contributed by atoms with van der Waals surface area (Å²) in [5.74, 6) is -4.65. The van der Waals surface area contributed by atoms with Gasteiger partial charge in [-0.3, -0.25) is 14.2 Å². The van der Waals surface area contributed by atoms with Crippen molar-refractivity contribution in [1.82, 2.24) is 14.5 Å².